The van der Waals surface area contributed by atoms with E-state index in [2.05, 4.69) is 5.32 Å². The molecule has 0 aliphatic heterocycles. The Morgan fingerprint density at radius 2 is 1.64 bits per heavy atom. The topological polar surface area (TPSA) is 75.6 Å². The van der Waals surface area contributed by atoms with E-state index in [1.807, 2.05) is 12.1 Å². The molecule has 0 saturated carbocycles. The van der Waals surface area contributed by atoms with Gasteiger partial charge < -0.3 is 15.2 Å². The number of fused-ring (bicyclic) bond motifs is 1. The minimum atomic E-state index is -0.808. The molecule has 0 heterocycles. The van der Waals surface area contributed by atoms with Gasteiger partial charge in [-0.2, -0.15) is 0 Å². The number of phenols is 1. The van der Waals surface area contributed by atoms with Gasteiger partial charge in [0.2, 0.25) is 0 Å². The molecule has 3 aromatic rings. The summed E-state index contributed by atoms with van der Waals surface area (Å²) in [6.07, 6.45) is 0. The Balaban J connectivity index is 1.65. The predicted molar refractivity (Wildman–Crippen MR) is 90.9 cm³/mol. The molecule has 1 amide bonds. The van der Waals surface area contributed by atoms with E-state index >= 15 is 0 Å². The van der Waals surface area contributed by atoms with Crippen molar-refractivity contribution in [1.82, 2.24) is 0 Å². The zero-order valence-corrected chi connectivity index (χ0v) is 13.0. The van der Waals surface area contributed by atoms with Crippen LogP contribution in [0.4, 0.5) is 10.1 Å². The van der Waals surface area contributed by atoms with Gasteiger partial charge in [-0.15, -0.1) is 0 Å². The average Bonchev–Trinajstić information content (AvgIpc) is 2.61. The van der Waals surface area contributed by atoms with E-state index in [9.17, 15) is 19.1 Å². The molecule has 3 rings (SSSR count). The van der Waals surface area contributed by atoms with Crippen molar-refractivity contribution >= 4 is 28.3 Å². The Labute approximate surface area is 142 Å². The SMILES string of the molecule is O=C(COC(=O)c1cc2ccccc2cc1O)Nc1ccc(F)cc1. The Hall–Kier alpha value is -3.41. The molecule has 0 radical (unpaired) electrons. The molecule has 0 spiro atoms. The molecule has 126 valence electrons. The van der Waals surface area contributed by atoms with E-state index in [1.165, 1.54) is 36.4 Å². The van der Waals surface area contributed by atoms with Crippen LogP contribution in [0.1, 0.15) is 10.4 Å². The first kappa shape index (κ1) is 16.4. The van der Waals surface area contributed by atoms with Gasteiger partial charge in [-0.25, -0.2) is 9.18 Å². The molecule has 3 aromatic carbocycles. The van der Waals surface area contributed by atoms with Gasteiger partial charge in [-0.1, -0.05) is 24.3 Å². The number of hydrogen-bond acceptors (Lipinski definition) is 4. The quantitative estimate of drug-likeness (QED) is 0.714. The van der Waals surface area contributed by atoms with Crippen molar-refractivity contribution < 1.29 is 23.8 Å². The largest absolute Gasteiger partial charge is 0.507 e. The first-order valence-electron chi connectivity index (χ1n) is 7.47. The minimum absolute atomic E-state index is 0.0201. The summed E-state index contributed by atoms with van der Waals surface area (Å²) in [7, 11) is 0. The van der Waals surface area contributed by atoms with Crippen LogP contribution in [0.15, 0.2) is 60.7 Å². The Kier molecular flexibility index (Phi) is 4.61. The number of hydrogen-bond donors (Lipinski definition) is 2. The van der Waals surface area contributed by atoms with Crippen LogP contribution in [0.2, 0.25) is 0 Å². The van der Waals surface area contributed by atoms with Crippen LogP contribution < -0.4 is 5.32 Å². The fourth-order valence-corrected chi connectivity index (χ4v) is 2.33. The molecule has 2 N–H and O–H groups in total. The molecule has 25 heavy (non-hydrogen) atoms. The lowest BCUT2D eigenvalue weighted by molar-refractivity contribution is -0.119. The number of rotatable bonds is 4. The second-order valence-electron chi connectivity index (χ2n) is 5.35. The number of anilines is 1. The summed E-state index contributed by atoms with van der Waals surface area (Å²) in [5, 5.41) is 14.0. The lowest BCUT2D eigenvalue weighted by Crippen LogP contribution is -2.21. The number of carbonyl (C=O) groups excluding carboxylic acids is 2. The number of amides is 1. The highest BCUT2D eigenvalue weighted by Gasteiger charge is 2.15. The molecule has 0 fully saturated rings. The molecule has 5 nitrogen and oxygen atoms in total. The normalized spacial score (nSPS) is 10.4. The first-order chi connectivity index (χ1) is 12.0. The van der Waals surface area contributed by atoms with Gasteiger partial charge in [0.1, 0.15) is 17.1 Å². The number of phenolic OH excluding ortho intramolecular Hbond substituents is 1. The third-order valence-corrected chi connectivity index (χ3v) is 3.55. The number of esters is 1. The first-order valence-corrected chi connectivity index (χ1v) is 7.47. The van der Waals surface area contributed by atoms with Crippen LogP contribution in [-0.4, -0.2) is 23.6 Å². The van der Waals surface area contributed by atoms with Gasteiger partial charge in [-0.3, -0.25) is 4.79 Å². The van der Waals surface area contributed by atoms with E-state index in [0.717, 1.165) is 10.8 Å². The van der Waals surface area contributed by atoms with E-state index in [-0.39, 0.29) is 11.3 Å². The van der Waals surface area contributed by atoms with E-state index < -0.39 is 24.3 Å². The molecule has 0 bridgehead atoms. The maximum absolute atomic E-state index is 12.8. The van der Waals surface area contributed by atoms with Crippen LogP contribution in [0.25, 0.3) is 10.8 Å². The zero-order chi connectivity index (χ0) is 17.8. The minimum Gasteiger partial charge on any atom is -0.507 e. The fraction of sp³-hybridized carbons (Fsp3) is 0.0526. The van der Waals surface area contributed by atoms with E-state index in [4.69, 9.17) is 4.74 Å². The van der Waals surface area contributed by atoms with Crippen molar-refractivity contribution in [3.8, 4) is 5.75 Å². The third-order valence-electron chi connectivity index (χ3n) is 3.55. The Morgan fingerprint density at radius 1 is 1.00 bits per heavy atom. The number of benzene rings is 3. The Morgan fingerprint density at radius 3 is 2.32 bits per heavy atom. The van der Waals surface area contributed by atoms with Crippen molar-refractivity contribution in [1.29, 1.82) is 0 Å². The van der Waals surface area contributed by atoms with Crippen molar-refractivity contribution in [2.24, 2.45) is 0 Å². The van der Waals surface area contributed by atoms with Crippen molar-refractivity contribution in [3.05, 3.63) is 72.0 Å². The average molecular weight is 339 g/mol. The van der Waals surface area contributed by atoms with Crippen LogP contribution in [-0.2, 0) is 9.53 Å². The van der Waals surface area contributed by atoms with E-state index in [0.29, 0.717) is 5.69 Å². The summed E-state index contributed by atoms with van der Waals surface area (Å²) >= 11 is 0. The second-order valence-corrected chi connectivity index (χ2v) is 5.35. The van der Waals surface area contributed by atoms with Crippen molar-refractivity contribution in [3.63, 3.8) is 0 Å². The number of ether oxygens (including phenoxy) is 1. The van der Waals surface area contributed by atoms with Gasteiger partial charge >= 0.3 is 5.97 Å². The van der Waals surface area contributed by atoms with Crippen LogP contribution >= 0.6 is 0 Å². The third kappa shape index (κ3) is 3.92. The highest BCUT2D eigenvalue weighted by atomic mass is 19.1. The molecule has 0 unspecified atom stereocenters. The summed E-state index contributed by atoms with van der Waals surface area (Å²) in [6, 6.07) is 15.4. The number of nitrogens with one attached hydrogen (secondary N) is 1. The lowest BCUT2D eigenvalue weighted by Gasteiger charge is -2.08. The second kappa shape index (κ2) is 7.00. The van der Waals surface area contributed by atoms with Crippen molar-refractivity contribution in [2.45, 2.75) is 0 Å². The summed E-state index contributed by atoms with van der Waals surface area (Å²) in [4.78, 5) is 23.9. The summed E-state index contributed by atoms with van der Waals surface area (Å²) in [5.41, 5.74) is 0.365. The fourth-order valence-electron chi connectivity index (χ4n) is 2.33. The van der Waals surface area contributed by atoms with Gasteiger partial charge in [0, 0.05) is 5.69 Å². The molecule has 0 atom stereocenters. The van der Waals surface area contributed by atoms with Crippen LogP contribution in [0.5, 0.6) is 5.75 Å². The molecule has 0 aliphatic rings. The molecule has 0 aliphatic carbocycles. The molecular formula is C19H14FNO4. The Bertz CT molecular complexity index is 938. The maximum atomic E-state index is 12.8. The molecule has 0 saturated heterocycles. The highest BCUT2D eigenvalue weighted by Crippen LogP contribution is 2.25. The zero-order valence-electron chi connectivity index (χ0n) is 13.0. The predicted octanol–water partition coefficient (Wildman–Crippen LogP) is 3.48. The summed E-state index contributed by atoms with van der Waals surface area (Å²) in [5.74, 6) is -2.02. The van der Waals surface area contributed by atoms with E-state index in [1.54, 1.807) is 12.1 Å². The summed E-state index contributed by atoms with van der Waals surface area (Å²) in [6.45, 7) is -0.525. The van der Waals surface area contributed by atoms with Gasteiger partial charge in [0.15, 0.2) is 6.61 Å². The summed E-state index contributed by atoms with van der Waals surface area (Å²) < 4.78 is 17.7. The maximum Gasteiger partial charge on any atom is 0.342 e. The number of aromatic hydroxyl groups is 1. The lowest BCUT2D eigenvalue weighted by atomic mass is 10.1. The molecular weight excluding hydrogens is 325 g/mol. The highest BCUT2D eigenvalue weighted by molar-refractivity contribution is 6.00. The molecule has 0 aromatic heterocycles. The van der Waals surface area contributed by atoms with Crippen molar-refractivity contribution in [2.75, 3.05) is 11.9 Å². The van der Waals surface area contributed by atoms with Gasteiger partial charge in [0.05, 0.1) is 0 Å². The monoisotopic (exact) mass is 339 g/mol. The van der Waals surface area contributed by atoms with Crippen LogP contribution in [0, 0.1) is 5.82 Å². The molecule has 6 heteroatoms. The number of halogens is 1. The number of carbonyl (C=O) groups is 2. The smallest absolute Gasteiger partial charge is 0.342 e. The van der Waals surface area contributed by atoms with Gasteiger partial charge in [-0.05, 0) is 47.2 Å². The standard InChI is InChI=1S/C19H14FNO4/c20-14-5-7-15(8-6-14)21-18(23)11-25-19(24)16-9-12-3-1-2-4-13(12)10-17(16)22/h1-10,22H,11H2,(H,21,23). The van der Waals surface area contributed by atoms with Gasteiger partial charge in [0.25, 0.3) is 5.91 Å². The van der Waals surface area contributed by atoms with Crippen LogP contribution in [0.3, 0.4) is 0 Å².